The van der Waals surface area contributed by atoms with Gasteiger partial charge in [0.2, 0.25) is 3.79 Å². The van der Waals surface area contributed by atoms with Crippen molar-refractivity contribution in [2.75, 3.05) is 0 Å². The molecule has 11 heavy (non-hydrogen) atoms. The lowest BCUT2D eigenvalue weighted by molar-refractivity contribution is -0.141. The number of aliphatic carboxylic acids is 1. The first-order chi connectivity index (χ1) is 4.76. The van der Waals surface area contributed by atoms with Crippen LogP contribution in [0.15, 0.2) is 0 Å². The van der Waals surface area contributed by atoms with Gasteiger partial charge in [-0.05, 0) is 0 Å². The molecule has 66 valence electrons. The van der Waals surface area contributed by atoms with Gasteiger partial charge in [0.15, 0.2) is 0 Å². The maximum Gasteiger partial charge on any atom is 0.307 e. The van der Waals surface area contributed by atoms with Crippen LogP contribution in [0.25, 0.3) is 0 Å². The summed E-state index contributed by atoms with van der Waals surface area (Å²) in [5, 5.41) is 7.43. The molecule has 0 aliphatic heterocycles. The molecule has 0 saturated carbocycles. The van der Waals surface area contributed by atoms with Crippen LogP contribution >= 0.6 is 46.4 Å². The van der Waals surface area contributed by atoms with Crippen LogP contribution < -0.4 is 0 Å². The van der Waals surface area contributed by atoms with Gasteiger partial charge in [0, 0.05) is 0 Å². The van der Waals surface area contributed by atoms with E-state index in [4.69, 9.17) is 51.5 Å². The van der Waals surface area contributed by atoms with Crippen molar-refractivity contribution < 1.29 is 9.90 Å². The van der Waals surface area contributed by atoms with Crippen LogP contribution in [0.4, 0.5) is 0 Å². The maximum atomic E-state index is 10.3. The van der Waals surface area contributed by atoms with Crippen molar-refractivity contribution in [3.05, 3.63) is 0 Å². The van der Waals surface area contributed by atoms with E-state index in [2.05, 4.69) is 0 Å². The molecular weight excluding hydrogens is 234 g/mol. The monoisotopic (exact) mass is 238 g/mol. The predicted octanol–water partition coefficient (Wildman–Crippen LogP) is 2.68. The molecule has 0 fully saturated rings. The van der Waals surface area contributed by atoms with E-state index < -0.39 is 21.1 Å². The number of alkyl halides is 4. The average Bonchev–Trinajstić information content (AvgIpc) is 1.82. The fourth-order valence-corrected chi connectivity index (χ4v) is 1.08. The first kappa shape index (κ1) is 11.6. The fraction of sp³-hybridized carbons (Fsp3) is 0.800. The van der Waals surface area contributed by atoms with E-state index in [1.165, 1.54) is 6.92 Å². The van der Waals surface area contributed by atoms with Gasteiger partial charge < -0.3 is 5.11 Å². The second-order valence-electron chi connectivity index (χ2n) is 2.07. The summed E-state index contributed by atoms with van der Waals surface area (Å²) in [6, 6.07) is 0. The normalized spacial score (nSPS) is 17.5. The number of hydrogen-bond acceptors (Lipinski definition) is 1. The van der Waals surface area contributed by atoms with Crippen LogP contribution in [0, 0.1) is 5.92 Å². The molecule has 1 N–H and O–H groups in total. The molecule has 0 radical (unpaired) electrons. The van der Waals surface area contributed by atoms with E-state index in [1.54, 1.807) is 0 Å². The topological polar surface area (TPSA) is 37.3 Å². The van der Waals surface area contributed by atoms with Gasteiger partial charge in [-0.2, -0.15) is 0 Å². The molecule has 0 spiro atoms. The SMILES string of the molecule is CC(C(=O)O)C(Cl)C(Cl)(Cl)Cl. The molecule has 6 heteroatoms. The van der Waals surface area contributed by atoms with E-state index in [1.807, 2.05) is 0 Å². The van der Waals surface area contributed by atoms with Crippen LogP contribution in [0.1, 0.15) is 6.92 Å². The van der Waals surface area contributed by atoms with Gasteiger partial charge >= 0.3 is 5.97 Å². The summed E-state index contributed by atoms with van der Waals surface area (Å²) in [6.07, 6.45) is 0. The summed E-state index contributed by atoms with van der Waals surface area (Å²) in [4.78, 5) is 10.3. The Balaban J connectivity index is 4.25. The van der Waals surface area contributed by atoms with E-state index >= 15 is 0 Å². The van der Waals surface area contributed by atoms with Gasteiger partial charge in [-0.3, -0.25) is 4.79 Å². The number of hydrogen-bond donors (Lipinski definition) is 1. The van der Waals surface area contributed by atoms with Crippen molar-refractivity contribution in [3.8, 4) is 0 Å². The third kappa shape index (κ3) is 3.70. The van der Waals surface area contributed by atoms with Crippen LogP contribution in [0.2, 0.25) is 0 Å². The van der Waals surface area contributed by atoms with Crippen LogP contribution in [-0.4, -0.2) is 20.2 Å². The zero-order chi connectivity index (χ0) is 9.23. The van der Waals surface area contributed by atoms with E-state index in [0.717, 1.165) is 0 Å². The Morgan fingerprint density at radius 3 is 1.91 bits per heavy atom. The lowest BCUT2D eigenvalue weighted by atomic mass is 10.1. The third-order valence-corrected chi connectivity index (χ3v) is 2.89. The molecule has 0 aromatic rings. The number of halogens is 4. The first-order valence-corrected chi connectivity index (χ1v) is 4.27. The molecule has 0 aromatic carbocycles. The highest BCUT2D eigenvalue weighted by Gasteiger charge is 2.38. The molecule has 2 nitrogen and oxygen atoms in total. The van der Waals surface area contributed by atoms with Gasteiger partial charge in [-0.25, -0.2) is 0 Å². The van der Waals surface area contributed by atoms with Crippen molar-refractivity contribution in [1.29, 1.82) is 0 Å². The van der Waals surface area contributed by atoms with Crippen molar-refractivity contribution in [3.63, 3.8) is 0 Å². The molecule has 0 saturated heterocycles. The fourth-order valence-electron chi connectivity index (χ4n) is 0.409. The highest BCUT2D eigenvalue weighted by atomic mass is 35.6. The highest BCUT2D eigenvalue weighted by molar-refractivity contribution is 6.70. The molecule has 2 unspecified atom stereocenters. The number of carboxylic acid groups (broad SMARTS) is 1. The number of carbonyl (C=O) groups is 1. The largest absolute Gasteiger partial charge is 0.481 e. The first-order valence-electron chi connectivity index (χ1n) is 2.70. The zero-order valence-electron chi connectivity index (χ0n) is 5.52. The van der Waals surface area contributed by atoms with Crippen LogP contribution in [-0.2, 0) is 4.79 Å². The lowest BCUT2D eigenvalue weighted by Gasteiger charge is -2.20. The second-order valence-corrected chi connectivity index (χ2v) is 4.91. The molecule has 2 atom stereocenters. The van der Waals surface area contributed by atoms with Crippen molar-refractivity contribution >= 4 is 52.4 Å². The average molecular weight is 240 g/mol. The minimum absolute atomic E-state index is 0.885. The van der Waals surface area contributed by atoms with Gasteiger partial charge in [-0.15, -0.1) is 11.6 Å². The quantitative estimate of drug-likeness (QED) is 0.753. The Kier molecular flexibility index (Phi) is 4.27. The van der Waals surface area contributed by atoms with E-state index in [0.29, 0.717) is 0 Å². The molecule has 0 amide bonds. The summed E-state index contributed by atoms with van der Waals surface area (Å²) in [5.41, 5.74) is 0. The van der Waals surface area contributed by atoms with E-state index in [-0.39, 0.29) is 0 Å². The summed E-state index contributed by atoms with van der Waals surface area (Å²) in [7, 11) is 0. The predicted molar refractivity (Wildman–Crippen MR) is 46.7 cm³/mol. The number of rotatable bonds is 2. The van der Waals surface area contributed by atoms with Crippen molar-refractivity contribution in [2.45, 2.75) is 16.1 Å². The molecule has 0 bridgehead atoms. The Morgan fingerprint density at radius 1 is 1.45 bits per heavy atom. The molecule has 0 heterocycles. The summed E-state index contributed by atoms with van der Waals surface area (Å²) in [6.45, 7) is 1.38. The van der Waals surface area contributed by atoms with Gasteiger partial charge in [0.25, 0.3) is 0 Å². The van der Waals surface area contributed by atoms with E-state index in [9.17, 15) is 4.79 Å². The minimum Gasteiger partial charge on any atom is -0.481 e. The summed E-state index contributed by atoms with van der Waals surface area (Å²) < 4.78 is -1.74. The maximum absolute atomic E-state index is 10.3. The number of carboxylic acids is 1. The molecule has 0 rings (SSSR count). The summed E-state index contributed by atoms with van der Waals surface area (Å²) >= 11 is 21.6. The minimum atomic E-state index is -1.74. The van der Waals surface area contributed by atoms with Crippen molar-refractivity contribution in [2.24, 2.45) is 5.92 Å². The molecule has 0 aromatic heterocycles. The standard InChI is InChI=1S/C5H6Cl4O2/c1-2(4(10)11)3(6)5(7,8)9/h2-3H,1H3,(H,10,11). The smallest absolute Gasteiger partial charge is 0.307 e. The van der Waals surface area contributed by atoms with Gasteiger partial charge in [-0.1, -0.05) is 41.7 Å². The van der Waals surface area contributed by atoms with Crippen molar-refractivity contribution in [1.82, 2.24) is 0 Å². The Labute approximate surface area is 84.4 Å². The Morgan fingerprint density at radius 2 is 1.82 bits per heavy atom. The second kappa shape index (κ2) is 4.04. The molecule has 0 aliphatic rings. The zero-order valence-corrected chi connectivity index (χ0v) is 8.55. The summed E-state index contributed by atoms with van der Waals surface area (Å²) in [5.74, 6) is -1.97. The van der Waals surface area contributed by atoms with Crippen LogP contribution in [0.3, 0.4) is 0 Å². The highest BCUT2D eigenvalue weighted by Crippen LogP contribution is 2.37. The van der Waals surface area contributed by atoms with Crippen LogP contribution in [0.5, 0.6) is 0 Å². The van der Waals surface area contributed by atoms with Gasteiger partial charge in [0.1, 0.15) is 0 Å². The third-order valence-electron chi connectivity index (χ3n) is 1.14. The molecular formula is C5H6Cl4O2. The van der Waals surface area contributed by atoms with Gasteiger partial charge in [0.05, 0.1) is 11.3 Å². The Bertz CT molecular complexity index is 153. The lowest BCUT2D eigenvalue weighted by Crippen LogP contribution is -2.31. The Hall–Kier alpha value is 0.630. The molecule has 0 aliphatic carbocycles.